The summed E-state index contributed by atoms with van der Waals surface area (Å²) in [5, 5.41) is 0. The first-order valence-electron chi connectivity index (χ1n) is 6.53. The van der Waals surface area contributed by atoms with E-state index in [1.165, 1.54) is 17.4 Å². The summed E-state index contributed by atoms with van der Waals surface area (Å²) < 4.78 is 44.7. The highest BCUT2D eigenvalue weighted by molar-refractivity contribution is 7.89. The number of anilines is 1. The molecule has 7 heteroatoms. The summed E-state index contributed by atoms with van der Waals surface area (Å²) in [5.41, 5.74) is 5.58. The molecule has 0 saturated carbocycles. The van der Waals surface area contributed by atoms with E-state index >= 15 is 0 Å². The standard InChI is InChI=1S/C13H19FN2O3S/c1-16(9-12-4-2-3-5-19-12)20(17,18)13-7-10(14)6-11(15)8-13/h6-8,12H,2-5,9,15H2,1H3. The van der Waals surface area contributed by atoms with Crippen LogP contribution in [0.4, 0.5) is 10.1 Å². The largest absolute Gasteiger partial charge is 0.399 e. The number of hydrogen-bond acceptors (Lipinski definition) is 4. The molecule has 2 N–H and O–H groups in total. The number of ether oxygens (including phenoxy) is 1. The minimum absolute atomic E-state index is 0.0888. The third-order valence-electron chi connectivity index (χ3n) is 3.34. The second-order valence-corrected chi connectivity index (χ2v) is 7.04. The van der Waals surface area contributed by atoms with Crippen LogP contribution in [0.5, 0.6) is 0 Å². The van der Waals surface area contributed by atoms with Crippen molar-refractivity contribution in [3.63, 3.8) is 0 Å². The first-order chi connectivity index (χ1) is 9.39. The van der Waals surface area contributed by atoms with Gasteiger partial charge in [-0.25, -0.2) is 12.8 Å². The number of nitrogen functional groups attached to an aromatic ring is 1. The molecule has 1 fully saturated rings. The molecule has 20 heavy (non-hydrogen) atoms. The summed E-state index contributed by atoms with van der Waals surface area (Å²) in [7, 11) is -2.28. The molecule has 1 atom stereocenters. The lowest BCUT2D eigenvalue weighted by Gasteiger charge is -2.27. The van der Waals surface area contributed by atoms with E-state index in [9.17, 15) is 12.8 Å². The van der Waals surface area contributed by atoms with Crippen molar-refractivity contribution in [1.82, 2.24) is 4.31 Å². The van der Waals surface area contributed by atoms with Crippen molar-refractivity contribution in [1.29, 1.82) is 0 Å². The zero-order chi connectivity index (χ0) is 14.8. The van der Waals surface area contributed by atoms with Crippen molar-refractivity contribution in [3.05, 3.63) is 24.0 Å². The molecule has 1 aliphatic heterocycles. The van der Waals surface area contributed by atoms with Gasteiger partial charge >= 0.3 is 0 Å². The summed E-state index contributed by atoms with van der Waals surface area (Å²) in [4.78, 5) is -0.131. The maximum Gasteiger partial charge on any atom is 0.243 e. The lowest BCUT2D eigenvalue weighted by atomic mass is 10.1. The molecule has 1 aromatic rings. The van der Waals surface area contributed by atoms with Gasteiger partial charge in [0.15, 0.2) is 0 Å². The Labute approximate surface area is 118 Å². The molecule has 2 rings (SSSR count). The molecule has 1 unspecified atom stereocenters. The molecule has 112 valence electrons. The van der Waals surface area contributed by atoms with E-state index in [1.54, 1.807) is 0 Å². The van der Waals surface area contributed by atoms with Crippen molar-refractivity contribution >= 4 is 15.7 Å². The molecule has 1 aromatic carbocycles. The van der Waals surface area contributed by atoms with Crippen LogP contribution in [0.2, 0.25) is 0 Å². The van der Waals surface area contributed by atoms with Crippen molar-refractivity contribution in [3.8, 4) is 0 Å². The molecule has 0 aromatic heterocycles. The summed E-state index contributed by atoms with van der Waals surface area (Å²) in [6.07, 6.45) is 2.78. The monoisotopic (exact) mass is 302 g/mol. The van der Waals surface area contributed by atoms with Gasteiger partial charge in [0.1, 0.15) is 5.82 Å². The molecule has 0 radical (unpaired) electrons. The van der Waals surface area contributed by atoms with Crippen molar-refractivity contribution in [2.75, 3.05) is 25.9 Å². The van der Waals surface area contributed by atoms with Gasteiger partial charge in [0.2, 0.25) is 10.0 Å². The van der Waals surface area contributed by atoms with Gasteiger partial charge < -0.3 is 10.5 Å². The molecule has 1 saturated heterocycles. The Morgan fingerprint density at radius 3 is 2.75 bits per heavy atom. The van der Waals surface area contributed by atoms with E-state index in [0.29, 0.717) is 6.61 Å². The highest BCUT2D eigenvalue weighted by Gasteiger charge is 2.26. The molecule has 0 amide bonds. The molecular formula is C13H19FN2O3S. The van der Waals surface area contributed by atoms with Gasteiger partial charge in [0.05, 0.1) is 11.0 Å². The van der Waals surface area contributed by atoms with Crippen LogP contribution in [0.25, 0.3) is 0 Å². The number of rotatable bonds is 4. The van der Waals surface area contributed by atoms with Crippen molar-refractivity contribution in [2.45, 2.75) is 30.3 Å². The Balaban J connectivity index is 2.15. The Morgan fingerprint density at radius 2 is 2.15 bits per heavy atom. The van der Waals surface area contributed by atoms with Gasteiger partial charge in [-0.05, 0) is 37.5 Å². The van der Waals surface area contributed by atoms with Crippen LogP contribution in [0, 0.1) is 5.82 Å². The molecule has 1 heterocycles. The third-order valence-corrected chi connectivity index (χ3v) is 5.14. The first-order valence-corrected chi connectivity index (χ1v) is 7.97. The summed E-state index contributed by atoms with van der Waals surface area (Å²) in [6.45, 7) is 0.921. The predicted molar refractivity (Wildman–Crippen MR) is 74.2 cm³/mol. The molecular weight excluding hydrogens is 283 g/mol. The average molecular weight is 302 g/mol. The zero-order valence-electron chi connectivity index (χ0n) is 11.4. The summed E-state index contributed by atoms with van der Waals surface area (Å²) in [6, 6.07) is 3.32. The lowest BCUT2D eigenvalue weighted by Crippen LogP contribution is -2.37. The fourth-order valence-electron chi connectivity index (χ4n) is 2.25. The van der Waals surface area contributed by atoms with Crippen LogP contribution in [0.3, 0.4) is 0 Å². The van der Waals surface area contributed by atoms with Crippen LogP contribution in [-0.4, -0.2) is 39.0 Å². The number of sulfonamides is 1. The van der Waals surface area contributed by atoms with E-state index in [-0.39, 0.29) is 23.2 Å². The number of nitrogens with zero attached hydrogens (tertiary/aromatic N) is 1. The van der Waals surface area contributed by atoms with Crippen LogP contribution in [-0.2, 0) is 14.8 Å². The van der Waals surface area contributed by atoms with Gasteiger partial charge in [-0.15, -0.1) is 0 Å². The van der Waals surface area contributed by atoms with E-state index < -0.39 is 15.8 Å². The molecule has 0 bridgehead atoms. The fraction of sp³-hybridized carbons (Fsp3) is 0.538. The normalized spacial score (nSPS) is 20.2. The van der Waals surface area contributed by atoms with Gasteiger partial charge in [-0.1, -0.05) is 0 Å². The zero-order valence-corrected chi connectivity index (χ0v) is 12.2. The second-order valence-electron chi connectivity index (χ2n) is 4.99. The maximum absolute atomic E-state index is 13.3. The topological polar surface area (TPSA) is 72.6 Å². The average Bonchev–Trinajstić information content (AvgIpc) is 2.38. The quantitative estimate of drug-likeness (QED) is 0.857. The Kier molecular flexibility index (Phi) is 4.62. The number of benzene rings is 1. The maximum atomic E-state index is 13.3. The smallest absolute Gasteiger partial charge is 0.243 e. The van der Waals surface area contributed by atoms with Crippen molar-refractivity contribution in [2.24, 2.45) is 0 Å². The molecule has 0 aliphatic carbocycles. The van der Waals surface area contributed by atoms with Crippen LogP contribution >= 0.6 is 0 Å². The van der Waals surface area contributed by atoms with Crippen LogP contribution < -0.4 is 5.73 Å². The molecule has 5 nitrogen and oxygen atoms in total. The Bertz CT molecular complexity index is 551. The van der Waals surface area contributed by atoms with Gasteiger partial charge in [-0.2, -0.15) is 4.31 Å². The number of halogens is 1. The predicted octanol–water partition coefficient (Wildman–Crippen LogP) is 1.60. The number of nitrogens with two attached hydrogens (primary N) is 1. The fourth-order valence-corrected chi connectivity index (χ4v) is 3.52. The highest BCUT2D eigenvalue weighted by atomic mass is 32.2. The summed E-state index contributed by atoms with van der Waals surface area (Å²) in [5.74, 6) is -0.661. The van der Waals surface area contributed by atoms with Gasteiger partial charge in [0.25, 0.3) is 0 Å². The first kappa shape index (κ1) is 15.2. The SMILES string of the molecule is CN(CC1CCCCO1)S(=O)(=O)c1cc(N)cc(F)c1. The van der Waals surface area contributed by atoms with Gasteiger partial charge in [-0.3, -0.25) is 0 Å². The second kappa shape index (κ2) is 6.07. The van der Waals surface area contributed by atoms with Crippen molar-refractivity contribution < 1.29 is 17.5 Å². The molecule has 0 spiro atoms. The van der Waals surface area contributed by atoms with E-state index in [1.807, 2.05) is 0 Å². The van der Waals surface area contributed by atoms with E-state index in [0.717, 1.165) is 31.4 Å². The van der Waals surface area contributed by atoms with E-state index in [4.69, 9.17) is 10.5 Å². The highest BCUT2D eigenvalue weighted by Crippen LogP contribution is 2.21. The number of likely N-dealkylation sites (N-methyl/N-ethyl adjacent to an activating group) is 1. The number of hydrogen-bond donors (Lipinski definition) is 1. The van der Waals surface area contributed by atoms with Crippen LogP contribution in [0.1, 0.15) is 19.3 Å². The van der Waals surface area contributed by atoms with Gasteiger partial charge in [0, 0.05) is 25.9 Å². The minimum Gasteiger partial charge on any atom is -0.399 e. The van der Waals surface area contributed by atoms with Crippen LogP contribution in [0.15, 0.2) is 23.1 Å². The van der Waals surface area contributed by atoms with E-state index in [2.05, 4.69) is 0 Å². The lowest BCUT2D eigenvalue weighted by molar-refractivity contribution is 0.00858. The molecule has 1 aliphatic rings. The summed E-state index contributed by atoms with van der Waals surface area (Å²) >= 11 is 0. The third kappa shape index (κ3) is 3.47. The Morgan fingerprint density at radius 1 is 1.40 bits per heavy atom. The Hall–Kier alpha value is -1.18. The minimum atomic E-state index is -3.75.